The van der Waals surface area contributed by atoms with Crippen LogP contribution < -0.4 is 15.4 Å². The highest BCUT2D eigenvalue weighted by molar-refractivity contribution is 7.89. The average Bonchev–Trinajstić information content (AvgIpc) is 3.46. The number of sulfonamides is 1. The minimum absolute atomic E-state index is 0.0160. The van der Waals surface area contributed by atoms with Crippen molar-refractivity contribution < 1.29 is 18.0 Å². The number of carbonyl (C=O) groups is 2. The fourth-order valence-electron chi connectivity index (χ4n) is 3.10. The zero-order valence-electron chi connectivity index (χ0n) is 16.7. The highest BCUT2D eigenvalue weighted by Gasteiger charge is 2.28. The minimum Gasteiger partial charge on any atom is -0.343 e. The van der Waals surface area contributed by atoms with Gasteiger partial charge in [-0.3, -0.25) is 9.59 Å². The molecule has 1 aliphatic carbocycles. The highest BCUT2D eigenvalue weighted by atomic mass is 32.2. The van der Waals surface area contributed by atoms with Crippen LogP contribution in [-0.4, -0.2) is 32.8 Å². The lowest BCUT2D eigenvalue weighted by molar-refractivity contribution is -0.115. The lowest BCUT2D eigenvalue weighted by atomic mass is 10.1. The van der Waals surface area contributed by atoms with Crippen LogP contribution in [0.25, 0.3) is 0 Å². The van der Waals surface area contributed by atoms with Gasteiger partial charge in [0.15, 0.2) is 0 Å². The van der Waals surface area contributed by atoms with Crippen molar-refractivity contribution in [3.63, 3.8) is 0 Å². The lowest BCUT2D eigenvalue weighted by Crippen LogP contribution is -2.33. The third kappa shape index (κ3) is 5.42. The molecule has 8 heteroatoms. The van der Waals surface area contributed by atoms with E-state index in [4.69, 9.17) is 0 Å². The summed E-state index contributed by atoms with van der Waals surface area (Å²) in [5, 5.41) is 5.38. The molecule has 0 radical (unpaired) electrons. The largest absolute Gasteiger partial charge is 0.343 e. The molecule has 0 bridgehead atoms. The number of aryl methyl sites for hydroxylation is 3. The predicted octanol–water partition coefficient (Wildman–Crippen LogP) is 2.42. The number of hydrogen-bond donors (Lipinski definition) is 3. The summed E-state index contributed by atoms with van der Waals surface area (Å²) in [7, 11) is -3.56. The zero-order chi connectivity index (χ0) is 21.2. The molecule has 1 aliphatic rings. The van der Waals surface area contributed by atoms with Crippen molar-refractivity contribution in [3.8, 4) is 0 Å². The van der Waals surface area contributed by atoms with Gasteiger partial charge in [-0.2, -0.15) is 0 Å². The number of rotatable bonds is 7. The quantitative estimate of drug-likeness (QED) is 0.646. The smallest absolute Gasteiger partial charge is 0.251 e. The molecule has 154 valence electrons. The first-order valence-electron chi connectivity index (χ1n) is 9.44. The highest BCUT2D eigenvalue weighted by Crippen LogP contribution is 2.23. The van der Waals surface area contributed by atoms with Gasteiger partial charge >= 0.3 is 0 Å². The van der Waals surface area contributed by atoms with Crippen LogP contribution in [0.5, 0.6) is 0 Å². The molecule has 0 aliphatic heterocycles. The standard InChI is InChI=1S/C21H25N3O4S/c1-13-10-14(2)20(15(3)11-13)23-19(25)12-22-21(26)16-4-8-18(9-5-16)29(27,28)24-17-6-7-17/h4-5,8-11,17,24H,6-7,12H2,1-3H3,(H,22,26)(H,23,25). The van der Waals surface area contributed by atoms with Crippen molar-refractivity contribution in [2.24, 2.45) is 0 Å². The van der Waals surface area contributed by atoms with E-state index in [1.54, 1.807) is 0 Å². The SMILES string of the molecule is Cc1cc(C)c(NC(=O)CNC(=O)c2ccc(S(=O)(=O)NC3CC3)cc2)c(C)c1. The van der Waals surface area contributed by atoms with Crippen molar-refractivity contribution in [3.05, 3.63) is 58.7 Å². The van der Waals surface area contributed by atoms with Gasteiger partial charge < -0.3 is 10.6 Å². The van der Waals surface area contributed by atoms with E-state index in [1.807, 2.05) is 32.9 Å². The molecule has 2 aromatic carbocycles. The average molecular weight is 416 g/mol. The van der Waals surface area contributed by atoms with Gasteiger partial charge in [-0.25, -0.2) is 13.1 Å². The molecule has 0 unspecified atom stereocenters. The Labute approximate surface area is 171 Å². The van der Waals surface area contributed by atoms with Gasteiger partial charge in [-0.05, 0) is 69.0 Å². The van der Waals surface area contributed by atoms with E-state index in [1.165, 1.54) is 24.3 Å². The zero-order valence-corrected chi connectivity index (χ0v) is 17.5. The molecule has 0 spiro atoms. The molecular weight excluding hydrogens is 390 g/mol. The van der Waals surface area contributed by atoms with Crippen LogP contribution in [-0.2, 0) is 14.8 Å². The lowest BCUT2D eigenvalue weighted by Gasteiger charge is -2.13. The Bertz CT molecular complexity index is 1020. The minimum atomic E-state index is -3.56. The molecule has 0 saturated heterocycles. The van der Waals surface area contributed by atoms with Crippen LogP contribution in [0.2, 0.25) is 0 Å². The maximum absolute atomic E-state index is 12.3. The Kier molecular flexibility index (Phi) is 6.04. The van der Waals surface area contributed by atoms with Crippen molar-refractivity contribution in [1.29, 1.82) is 0 Å². The summed E-state index contributed by atoms with van der Waals surface area (Å²) in [5.74, 6) is -0.780. The van der Waals surface area contributed by atoms with Gasteiger partial charge in [-0.15, -0.1) is 0 Å². The van der Waals surface area contributed by atoms with Crippen LogP contribution >= 0.6 is 0 Å². The normalized spacial score (nSPS) is 13.8. The maximum Gasteiger partial charge on any atom is 0.251 e. The number of nitrogens with one attached hydrogen (secondary N) is 3. The molecule has 0 aromatic heterocycles. The second-order valence-corrected chi connectivity index (χ2v) is 9.14. The Morgan fingerprint density at radius 2 is 1.59 bits per heavy atom. The molecule has 3 N–H and O–H groups in total. The van der Waals surface area contributed by atoms with Crippen molar-refractivity contribution in [2.45, 2.75) is 44.6 Å². The third-order valence-corrected chi connectivity index (χ3v) is 6.21. The van der Waals surface area contributed by atoms with Gasteiger partial charge in [0, 0.05) is 17.3 Å². The van der Waals surface area contributed by atoms with Gasteiger partial charge in [-0.1, -0.05) is 17.7 Å². The van der Waals surface area contributed by atoms with Gasteiger partial charge in [0.1, 0.15) is 0 Å². The van der Waals surface area contributed by atoms with Crippen LogP contribution in [0, 0.1) is 20.8 Å². The van der Waals surface area contributed by atoms with E-state index < -0.39 is 15.9 Å². The summed E-state index contributed by atoms with van der Waals surface area (Å²) in [4.78, 5) is 24.6. The van der Waals surface area contributed by atoms with E-state index in [9.17, 15) is 18.0 Å². The number of benzene rings is 2. The second kappa shape index (κ2) is 8.34. The van der Waals surface area contributed by atoms with E-state index in [2.05, 4.69) is 15.4 Å². The summed E-state index contributed by atoms with van der Waals surface area (Å²) in [6, 6.07) is 9.62. The third-order valence-electron chi connectivity index (χ3n) is 4.68. The molecule has 1 fully saturated rings. The Morgan fingerprint density at radius 1 is 1.00 bits per heavy atom. The van der Waals surface area contributed by atoms with Crippen LogP contribution in [0.3, 0.4) is 0 Å². The molecule has 2 aromatic rings. The van der Waals surface area contributed by atoms with Crippen LogP contribution in [0.4, 0.5) is 5.69 Å². The van der Waals surface area contributed by atoms with Crippen LogP contribution in [0.15, 0.2) is 41.3 Å². The van der Waals surface area contributed by atoms with Crippen molar-refractivity contribution in [1.82, 2.24) is 10.0 Å². The number of amides is 2. The molecule has 7 nitrogen and oxygen atoms in total. The van der Waals surface area contributed by atoms with E-state index >= 15 is 0 Å². The van der Waals surface area contributed by atoms with E-state index in [-0.39, 0.29) is 29.0 Å². The summed E-state index contributed by atoms with van der Waals surface area (Å²) in [5.41, 5.74) is 4.06. The van der Waals surface area contributed by atoms with Gasteiger partial charge in [0.05, 0.1) is 11.4 Å². The number of anilines is 1. The van der Waals surface area contributed by atoms with Gasteiger partial charge in [0.2, 0.25) is 15.9 Å². The molecular formula is C21H25N3O4S. The predicted molar refractivity (Wildman–Crippen MR) is 111 cm³/mol. The maximum atomic E-state index is 12.3. The van der Waals surface area contributed by atoms with Crippen molar-refractivity contribution >= 4 is 27.5 Å². The number of carbonyl (C=O) groups excluding carboxylic acids is 2. The van der Waals surface area contributed by atoms with Gasteiger partial charge in [0.25, 0.3) is 5.91 Å². The fraction of sp³-hybridized carbons (Fsp3) is 0.333. The Hall–Kier alpha value is -2.71. The topological polar surface area (TPSA) is 104 Å². The van der Waals surface area contributed by atoms with Crippen molar-refractivity contribution in [2.75, 3.05) is 11.9 Å². The van der Waals surface area contributed by atoms with E-state index in [0.717, 1.165) is 35.2 Å². The molecule has 2 amide bonds. The second-order valence-electron chi connectivity index (χ2n) is 7.42. The molecule has 3 rings (SSSR count). The molecule has 1 saturated carbocycles. The molecule has 0 heterocycles. The molecule has 29 heavy (non-hydrogen) atoms. The monoisotopic (exact) mass is 415 g/mol. The summed E-state index contributed by atoms with van der Waals surface area (Å²) < 4.78 is 26.9. The summed E-state index contributed by atoms with van der Waals surface area (Å²) in [6.45, 7) is 5.64. The molecule has 0 atom stereocenters. The first kappa shape index (κ1) is 21.0. The first-order chi connectivity index (χ1) is 13.7. The van der Waals surface area contributed by atoms with E-state index in [0.29, 0.717) is 0 Å². The Balaban J connectivity index is 1.57. The summed E-state index contributed by atoms with van der Waals surface area (Å²) in [6.07, 6.45) is 1.70. The Morgan fingerprint density at radius 3 is 2.14 bits per heavy atom. The number of hydrogen-bond acceptors (Lipinski definition) is 4. The first-order valence-corrected chi connectivity index (χ1v) is 10.9. The van der Waals surface area contributed by atoms with Crippen LogP contribution in [0.1, 0.15) is 39.9 Å². The fourth-order valence-corrected chi connectivity index (χ4v) is 4.40. The summed E-state index contributed by atoms with van der Waals surface area (Å²) >= 11 is 0.